The number of pyridine rings is 1. The Balaban J connectivity index is 1.19. The molecule has 2 aromatic heterocycles. The number of rotatable bonds is 7. The van der Waals surface area contributed by atoms with E-state index in [0.29, 0.717) is 29.7 Å². The molecule has 1 aliphatic heterocycles. The van der Waals surface area contributed by atoms with Crippen LogP contribution in [0.4, 0.5) is 35.4 Å². The van der Waals surface area contributed by atoms with Crippen LogP contribution in [-0.4, -0.2) is 52.9 Å². The van der Waals surface area contributed by atoms with Gasteiger partial charge < -0.3 is 24.7 Å². The molecule has 2 fully saturated rings. The number of benzene rings is 1. The van der Waals surface area contributed by atoms with Crippen LogP contribution in [-0.2, 0) is 10.9 Å². The topological polar surface area (TPSA) is 105 Å². The van der Waals surface area contributed by atoms with Crippen LogP contribution >= 0.6 is 0 Å². The molecule has 3 atom stereocenters. The number of alkyl halides is 3. The van der Waals surface area contributed by atoms with Crippen LogP contribution in [0.15, 0.2) is 53.2 Å². The highest BCUT2D eigenvalue weighted by atomic mass is 19.4. The summed E-state index contributed by atoms with van der Waals surface area (Å²) in [4.78, 5) is 22.4. The van der Waals surface area contributed by atoms with E-state index in [1.807, 2.05) is 32.9 Å². The average Bonchev–Trinajstić information content (AvgIpc) is 3.42. The zero-order chi connectivity index (χ0) is 30.6. The van der Waals surface area contributed by atoms with Crippen molar-refractivity contribution >= 4 is 23.5 Å². The molecule has 0 spiro atoms. The van der Waals surface area contributed by atoms with Crippen LogP contribution < -0.4 is 20.9 Å². The molecule has 5 rings (SSSR count). The highest BCUT2D eigenvalue weighted by Crippen LogP contribution is 2.31. The van der Waals surface area contributed by atoms with Crippen LogP contribution in [0.3, 0.4) is 0 Å². The fourth-order valence-electron chi connectivity index (χ4n) is 5.70. The van der Waals surface area contributed by atoms with Crippen molar-refractivity contribution in [1.82, 2.24) is 15.3 Å². The molecule has 0 radical (unpaired) electrons. The zero-order valence-electron chi connectivity index (χ0n) is 24.7. The van der Waals surface area contributed by atoms with Crippen LogP contribution in [0, 0.1) is 0 Å². The van der Waals surface area contributed by atoms with E-state index in [-0.39, 0.29) is 18.1 Å². The molecule has 0 bridgehead atoms. The lowest BCUT2D eigenvalue weighted by molar-refractivity contribution is -0.141. The highest BCUT2D eigenvalue weighted by Gasteiger charge is 2.33. The number of hydrogen-bond donors (Lipinski definition) is 3. The second kappa shape index (κ2) is 12.8. The van der Waals surface area contributed by atoms with Crippen molar-refractivity contribution in [2.45, 2.75) is 89.2 Å². The second-order valence-electron chi connectivity index (χ2n) is 12.2. The minimum atomic E-state index is -4.44. The summed E-state index contributed by atoms with van der Waals surface area (Å²) >= 11 is 0. The molecule has 3 aromatic rings. The van der Waals surface area contributed by atoms with Gasteiger partial charge in [0.2, 0.25) is 0 Å². The normalized spacial score (nSPS) is 21.3. The van der Waals surface area contributed by atoms with Crippen molar-refractivity contribution in [2.75, 3.05) is 28.6 Å². The Morgan fingerprint density at radius 3 is 2.51 bits per heavy atom. The first-order valence-corrected chi connectivity index (χ1v) is 14.8. The minimum absolute atomic E-state index is 0.114. The third-order valence-corrected chi connectivity index (χ3v) is 7.65. The summed E-state index contributed by atoms with van der Waals surface area (Å²) in [5.41, 5.74) is 0.587. The molecule has 3 N–H and O–H groups in total. The van der Waals surface area contributed by atoms with E-state index in [1.165, 1.54) is 12.3 Å². The monoisotopic (exact) mass is 600 g/mol. The zero-order valence-corrected chi connectivity index (χ0v) is 24.7. The van der Waals surface area contributed by atoms with Gasteiger partial charge in [0.05, 0.1) is 18.1 Å². The Labute approximate surface area is 249 Å². The van der Waals surface area contributed by atoms with Gasteiger partial charge in [-0.1, -0.05) is 25.0 Å². The number of oxazole rings is 1. The highest BCUT2D eigenvalue weighted by molar-refractivity contribution is 5.86. The van der Waals surface area contributed by atoms with Crippen molar-refractivity contribution in [2.24, 2.45) is 0 Å². The molecular weight excluding hydrogens is 561 g/mol. The number of aromatic nitrogens is 2. The molecule has 0 unspecified atom stereocenters. The third-order valence-electron chi connectivity index (χ3n) is 7.65. The van der Waals surface area contributed by atoms with Crippen LogP contribution in [0.2, 0.25) is 0 Å². The number of amides is 1. The van der Waals surface area contributed by atoms with Gasteiger partial charge in [-0.15, -0.1) is 0 Å². The number of halogens is 3. The molecule has 3 heterocycles. The van der Waals surface area contributed by atoms with Crippen LogP contribution in [0.25, 0.3) is 11.3 Å². The Hall–Kier alpha value is -3.80. The number of nitrogens with zero attached hydrogens (tertiary/aromatic N) is 3. The van der Waals surface area contributed by atoms with Gasteiger partial charge in [-0.05, 0) is 70.7 Å². The smallest absolute Gasteiger partial charge is 0.433 e. The van der Waals surface area contributed by atoms with Crippen molar-refractivity contribution in [3.05, 3.63) is 54.5 Å². The van der Waals surface area contributed by atoms with Gasteiger partial charge in [-0.3, -0.25) is 5.32 Å². The Morgan fingerprint density at radius 2 is 1.79 bits per heavy atom. The Bertz CT molecular complexity index is 1370. The molecule has 1 aliphatic carbocycles. The molecular formula is C31H39F3N6O3. The SMILES string of the molecule is CC(C)(C)OC(=O)Nc1cccc(-c2cnc(N[C@@H]3CCCC[C@H]3N[C@H]3CCCN(c4ccc(C(F)(F)F)nc4)C3)o2)c1. The summed E-state index contributed by atoms with van der Waals surface area (Å²) in [6.07, 6.45) is 4.11. The molecule has 12 heteroatoms. The van der Waals surface area contributed by atoms with E-state index in [0.717, 1.165) is 56.7 Å². The molecule has 232 valence electrons. The first-order chi connectivity index (χ1) is 20.4. The number of carbonyl (C=O) groups is 1. The number of anilines is 3. The predicted molar refractivity (Wildman–Crippen MR) is 159 cm³/mol. The molecule has 43 heavy (non-hydrogen) atoms. The summed E-state index contributed by atoms with van der Waals surface area (Å²) in [5.74, 6) is 0.573. The van der Waals surface area contributed by atoms with E-state index >= 15 is 0 Å². The van der Waals surface area contributed by atoms with E-state index in [4.69, 9.17) is 9.15 Å². The Kier molecular flexibility index (Phi) is 9.14. The van der Waals surface area contributed by atoms with Crippen molar-refractivity contribution in [3.63, 3.8) is 0 Å². The van der Waals surface area contributed by atoms with Gasteiger partial charge in [0.15, 0.2) is 5.76 Å². The lowest BCUT2D eigenvalue weighted by Crippen LogP contribution is -2.54. The first kappa shape index (κ1) is 30.7. The number of hydrogen-bond acceptors (Lipinski definition) is 8. The van der Waals surface area contributed by atoms with E-state index in [1.54, 1.807) is 18.3 Å². The minimum Gasteiger partial charge on any atom is -0.444 e. The molecule has 2 aliphatic rings. The first-order valence-electron chi connectivity index (χ1n) is 14.8. The molecule has 1 saturated carbocycles. The lowest BCUT2D eigenvalue weighted by Gasteiger charge is -2.40. The molecule has 1 saturated heterocycles. The fraction of sp³-hybridized carbons (Fsp3) is 0.516. The van der Waals surface area contributed by atoms with Gasteiger partial charge >= 0.3 is 12.3 Å². The van der Waals surface area contributed by atoms with Crippen molar-refractivity contribution in [3.8, 4) is 11.3 Å². The van der Waals surface area contributed by atoms with Crippen LogP contribution in [0.5, 0.6) is 0 Å². The second-order valence-corrected chi connectivity index (χ2v) is 12.2. The molecule has 1 amide bonds. The van der Waals surface area contributed by atoms with Gasteiger partial charge in [0.1, 0.15) is 11.3 Å². The quantitative estimate of drug-likeness (QED) is 0.264. The standard InChI is InChI=1S/C31H39F3N6O3/c1-30(2,3)43-29(41)38-21-9-6-8-20(16-21)26-18-36-28(42-26)39-25-12-5-4-11-24(25)37-22-10-7-15-40(19-22)23-13-14-27(35-17-23)31(32,33)34/h6,8-9,13-14,16-18,22,24-25,37H,4-5,7,10-12,15,19H2,1-3H3,(H,36,39)(H,38,41)/t22-,24+,25+/m0/s1. The summed E-state index contributed by atoms with van der Waals surface area (Å²) in [7, 11) is 0. The maximum atomic E-state index is 12.9. The van der Waals surface area contributed by atoms with Crippen LogP contribution in [0.1, 0.15) is 65.0 Å². The van der Waals surface area contributed by atoms with E-state index in [9.17, 15) is 18.0 Å². The van der Waals surface area contributed by atoms with Gasteiger partial charge in [0, 0.05) is 42.5 Å². The maximum absolute atomic E-state index is 12.9. The summed E-state index contributed by atoms with van der Waals surface area (Å²) in [6, 6.07) is 10.8. The largest absolute Gasteiger partial charge is 0.444 e. The van der Waals surface area contributed by atoms with Gasteiger partial charge in [-0.25, -0.2) is 14.8 Å². The fourth-order valence-corrected chi connectivity index (χ4v) is 5.70. The predicted octanol–water partition coefficient (Wildman–Crippen LogP) is 7.08. The van der Waals surface area contributed by atoms with E-state index in [2.05, 4.69) is 30.8 Å². The lowest BCUT2D eigenvalue weighted by atomic mass is 9.89. The van der Waals surface area contributed by atoms with Crippen molar-refractivity contribution in [1.29, 1.82) is 0 Å². The number of ether oxygens (including phenoxy) is 1. The third kappa shape index (κ3) is 8.40. The summed E-state index contributed by atoms with van der Waals surface area (Å²) in [5, 5.41) is 10.1. The molecule has 1 aromatic carbocycles. The summed E-state index contributed by atoms with van der Waals surface area (Å²) < 4.78 is 50.2. The van der Waals surface area contributed by atoms with Gasteiger partial charge in [-0.2, -0.15) is 13.2 Å². The number of piperidine rings is 1. The van der Waals surface area contributed by atoms with Gasteiger partial charge in [0.25, 0.3) is 6.01 Å². The summed E-state index contributed by atoms with van der Waals surface area (Å²) in [6.45, 7) is 6.91. The number of nitrogens with one attached hydrogen (secondary N) is 3. The molecule has 9 nitrogen and oxygen atoms in total. The average molecular weight is 601 g/mol. The maximum Gasteiger partial charge on any atom is 0.433 e. The Morgan fingerprint density at radius 1 is 1.00 bits per heavy atom. The van der Waals surface area contributed by atoms with Crippen molar-refractivity contribution < 1.29 is 27.1 Å². The van der Waals surface area contributed by atoms with E-state index < -0.39 is 23.6 Å². The number of carbonyl (C=O) groups excluding carboxylic acids is 1.